The molecule has 0 aliphatic carbocycles. The second-order valence-corrected chi connectivity index (χ2v) is 5.46. The number of aryl methyl sites for hydroxylation is 1. The predicted octanol–water partition coefficient (Wildman–Crippen LogP) is 2.54. The average Bonchev–Trinajstić information content (AvgIpc) is 2.47. The van der Waals surface area contributed by atoms with Crippen LogP contribution >= 0.6 is 11.6 Å². The maximum absolute atomic E-state index is 11.8. The average molecular weight is 327 g/mol. The molecule has 1 N–H and O–H groups in total. The Morgan fingerprint density at radius 1 is 1.36 bits per heavy atom. The Kier molecular flexibility index (Phi) is 7.91. The zero-order valence-corrected chi connectivity index (χ0v) is 14.1. The van der Waals surface area contributed by atoms with Gasteiger partial charge in [0.2, 0.25) is 11.8 Å². The third-order valence-electron chi connectivity index (χ3n) is 3.26. The van der Waals surface area contributed by atoms with Gasteiger partial charge < -0.3 is 15.0 Å². The van der Waals surface area contributed by atoms with E-state index in [1.54, 1.807) is 18.1 Å². The molecule has 2 amide bonds. The summed E-state index contributed by atoms with van der Waals surface area (Å²) in [5, 5.41) is 3.41. The van der Waals surface area contributed by atoms with Crippen molar-refractivity contribution >= 4 is 29.1 Å². The van der Waals surface area contributed by atoms with Crippen LogP contribution in [0.4, 0.5) is 5.69 Å². The Labute approximate surface area is 136 Å². The molecule has 1 aromatic carbocycles. The summed E-state index contributed by atoms with van der Waals surface area (Å²) in [6.07, 6.45) is 1.02. The van der Waals surface area contributed by atoms with Gasteiger partial charge >= 0.3 is 0 Å². The summed E-state index contributed by atoms with van der Waals surface area (Å²) in [5.74, 6) is -0.201. The lowest BCUT2D eigenvalue weighted by Crippen LogP contribution is -2.34. The number of amides is 2. The molecule has 0 atom stereocenters. The van der Waals surface area contributed by atoms with Crippen molar-refractivity contribution in [1.29, 1.82) is 0 Å². The van der Waals surface area contributed by atoms with Gasteiger partial charge in [-0.2, -0.15) is 0 Å². The number of anilines is 1. The van der Waals surface area contributed by atoms with E-state index >= 15 is 0 Å². The second-order valence-electron chi connectivity index (χ2n) is 5.05. The minimum absolute atomic E-state index is 0.0828. The monoisotopic (exact) mass is 326 g/mol. The fourth-order valence-corrected chi connectivity index (χ4v) is 2.14. The molecule has 0 radical (unpaired) electrons. The van der Waals surface area contributed by atoms with Gasteiger partial charge in [-0.15, -0.1) is 0 Å². The molecule has 0 spiro atoms. The van der Waals surface area contributed by atoms with Crippen LogP contribution in [0.15, 0.2) is 18.2 Å². The van der Waals surface area contributed by atoms with E-state index in [0.29, 0.717) is 30.4 Å². The molecule has 0 heterocycles. The third kappa shape index (κ3) is 6.03. The number of nitrogens with one attached hydrogen (secondary N) is 1. The lowest BCUT2D eigenvalue weighted by molar-refractivity contribution is -0.121. The first kappa shape index (κ1) is 18.5. The highest BCUT2D eigenvalue weighted by molar-refractivity contribution is 6.31. The van der Waals surface area contributed by atoms with Crippen LogP contribution in [0.2, 0.25) is 5.02 Å². The third-order valence-corrected chi connectivity index (χ3v) is 3.66. The highest BCUT2D eigenvalue weighted by Crippen LogP contribution is 2.23. The minimum atomic E-state index is -0.118. The van der Waals surface area contributed by atoms with Crippen molar-refractivity contribution in [3.63, 3.8) is 0 Å². The summed E-state index contributed by atoms with van der Waals surface area (Å²) >= 11 is 6.09. The highest BCUT2D eigenvalue weighted by Gasteiger charge is 2.14. The predicted molar refractivity (Wildman–Crippen MR) is 88.3 cm³/mol. The minimum Gasteiger partial charge on any atom is -0.385 e. The SMILES string of the molecule is COCCCNC(=O)CCN(C(C)=O)c1ccc(C)c(Cl)c1. The molecule has 0 fully saturated rings. The van der Waals surface area contributed by atoms with Crippen molar-refractivity contribution in [3.05, 3.63) is 28.8 Å². The summed E-state index contributed by atoms with van der Waals surface area (Å²) in [6, 6.07) is 5.44. The van der Waals surface area contributed by atoms with Gasteiger partial charge in [0.05, 0.1) is 0 Å². The molecule has 5 nitrogen and oxygen atoms in total. The molecule has 0 saturated heterocycles. The number of methoxy groups -OCH3 is 1. The fourth-order valence-electron chi connectivity index (χ4n) is 1.96. The van der Waals surface area contributed by atoms with E-state index in [4.69, 9.17) is 16.3 Å². The molecule has 0 saturated carbocycles. The van der Waals surface area contributed by atoms with Crippen molar-refractivity contribution < 1.29 is 14.3 Å². The molecule has 0 aliphatic heterocycles. The van der Waals surface area contributed by atoms with Crippen LogP contribution in [0.5, 0.6) is 0 Å². The van der Waals surface area contributed by atoms with E-state index in [2.05, 4.69) is 5.32 Å². The van der Waals surface area contributed by atoms with E-state index in [-0.39, 0.29) is 18.2 Å². The van der Waals surface area contributed by atoms with Gasteiger partial charge in [-0.05, 0) is 31.0 Å². The van der Waals surface area contributed by atoms with Crippen LogP contribution in [0.3, 0.4) is 0 Å². The van der Waals surface area contributed by atoms with Gasteiger partial charge in [0.1, 0.15) is 0 Å². The van der Waals surface area contributed by atoms with Gasteiger partial charge in [0.25, 0.3) is 0 Å². The Bertz CT molecular complexity index is 520. The molecule has 122 valence electrons. The van der Waals surface area contributed by atoms with Crippen LogP contribution in [-0.4, -0.2) is 38.6 Å². The van der Waals surface area contributed by atoms with Crippen LogP contribution in [0.25, 0.3) is 0 Å². The number of halogens is 1. The van der Waals surface area contributed by atoms with Gasteiger partial charge in [-0.25, -0.2) is 0 Å². The summed E-state index contributed by atoms with van der Waals surface area (Å²) in [5.41, 5.74) is 1.65. The zero-order valence-electron chi connectivity index (χ0n) is 13.3. The largest absolute Gasteiger partial charge is 0.385 e. The summed E-state index contributed by atoms with van der Waals surface area (Å²) in [6.45, 7) is 4.89. The Morgan fingerprint density at radius 3 is 2.68 bits per heavy atom. The molecule has 0 unspecified atom stereocenters. The van der Waals surface area contributed by atoms with E-state index in [1.807, 2.05) is 19.1 Å². The maximum atomic E-state index is 11.8. The quantitative estimate of drug-likeness (QED) is 0.747. The molecular formula is C16H23ClN2O3. The number of nitrogens with zero attached hydrogens (tertiary/aromatic N) is 1. The molecule has 0 aliphatic rings. The molecule has 0 aromatic heterocycles. The number of hydrogen-bond donors (Lipinski definition) is 1. The number of carbonyl (C=O) groups excluding carboxylic acids is 2. The second kappa shape index (κ2) is 9.43. The van der Waals surface area contributed by atoms with E-state index < -0.39 is 0 Å². The standard InChI is InChI=1S/C16H23ClN2O3/c1-12-5-6-14(11-15(12)17)19(13(2)20)9-7-16(21)18-8-4-10-22-3/h5-6,11H,4,7-10H2,1-3H3,(H,18,21). The molecule has 1 rings (SSSR count). The van der Waals surface area contributed by atoms with Gasteiger partial charge in [0, 0.05) is 50.9 Å². The van der Waals surface area contributed by atoms with Crippen molar-refractivity contribution in [1.82, 2.24) is 5.32 Å². The fraction of sp³-hybridized carbons (Fsp3) is 0.500. The first-order valence-electron chi connectivity index (χ1n) is 7.25. The first-order valence-corrected chi connectivity index (χ1v) is 7.63. The van der Waals surface area contributed by atoms with Gasteiger partial charge in [-0.3, -0.25) is 9.59 Å². The zero-order chi connectivity index (χ0) is 16.5. The van der Waals surface area contributed by atoms with Crippen molar-refractivity contribution in [2.45, 2.75) is 26.7 Å². The number of carbonyl (C=O) groups is 2. The van der Waals surface area contributed by atoms with Crippen LogP contribution in [0.1, 0.15) is 25.3 Å². The van der Waals surface area contributed by atoms with Crippen LogP contribution in [-0.2, 0) is 14.3 Å². The van der Waals surface area contributed by atoms with Crippen molar-refractivity contribution in [2.24, 2.45) is 0 Å². The molecule has 1 aromatic rings. The number of benzene rings is 1. The first-order chi connectivity index (χ1) is 10.5. The molecular weight excluding hydrogens is 304 g/mol. The molecule has 6 heteroatoms. The van der Waals surface area contributed by atoms with E-state index in [0.717, 1.165) is 12.0 Å². The van der Waals surface area contributed by atoms with Crippen LogP contribution in [0, 0.1) is 6.92 Å². The highest BCUT2D eigenvalue weighted by atomic mass is 35.5. The van der Waals surface area contributed by atoms with Crippen molar-refractivity contribution in [3.8, 4) is 0 Å². The summed E-state index contributed by atoms with van der Waals surface area (Å²) in [7, 11) is 1.62. The Balaban J connectivity index is 2.56. The maximum Gasteiger partial charge on any atom is 0.223 e. The number of ether oxygens (including phenoxy) is 1. The Hall–Kier alpha value is -1.59. The lowest BCUT2D eigenvalue weighted by Gasteiger charge is -2.21. The lowest BCUT2D eigenvalue weighted by atomic mass is 10.2. The van der Waals surface area contributed by atoms with E-state index in [1.165, 1.54) is 6.92 Å². The normalized spacial score (nSPS) is 10.4. The topological polar surface area (TPSA) is 58.6 Å². The number of hydrogen-bond acceptors (Lipinski definition) is 3. The summed E-state index contributed by atoms with van der Waals surface area (Å²) in [4.78, 5) is 25.1. The van der Waals surface area contributed by atoms with Gasteiger partial charge in [-0.1, -0.05) is 17.7 Å². The van der Waals surface area contributed by atoms with Gasteiger partial charge in [0.15, 0.2) is 0 Å². The van der Waals surface area contributed by atoms with E-state index in [9.17, 15) is 9.59 Å². The van der Waals surface area contributed by atoms with Crippen molar-refractivity contribution in [2.75, 3.05) is 31.7 Å². The molecule has 22 heavy (non-hydrogen) atoms. The summed E-state index contributed by atoms with van der Waals surface area (Å²) < 4.78 is 4.92. The molecule has 0 bridgehead atoms. The van der Waals surface area contributed by atoms with Crippen LogP contribution < -0.4 is 10.2 Å². The Morgan fingerprint density at radius 2 is 2.09 bits per heavy atom. The number of rotatable bonds is 8. The smallest absolute Gasteiger partial charge is 0.223 e.